The fraction of sp³-hybridized carbons (Fsp3) is 0.500. The fourth-order valence-corrected chi connectivity index (χ4v) is 2.66. The third-order valence-electron chi connectivity index (χ3n) is 3.08. The normalized spacial score (nSPS) is 20.3. The second kappa shape index (κ2) is 5.49. The van der Waals surface area contributed by atoms with Crippen molar-refractivity contribution in [3.63, 3.8) is 0 Å². The molecule has 0 radical (unpaired) electrons. The van der Waals surface area contributed by atoms with Crippen molar-refractivity contribution in [1.82, 2.24) is 9.88 Å². The highest BCUT2D eigenvalue weighted by molar-refractivity contribution is 9.09. The van der Waals surface area contributed by atoms with Gasteiger partial charge in [-0.25, -0.2) is 0 Å². The van der Waals surface area contributed by atoms with Crippen LogP contribution in [0.1, 0.15) is 23.2 Å². The van der Waals surface area contributed by atoms with E-state index in [4.69, 9.17) is 0 Å². The van der Waals surface area contributed by atoms with Crippen LogP contribution in [0.2, 0.25) is 0 Å². The maximum atomic E-state index is 12.2. The van der Waals surface area contributed by atoms with Crippen LogP contribution >= 0.6 is 15.9 Å². The lowest BCUT2D eigenvalue weighted by atomic mass is 9.99. The van der Waals surface area contributed by atoms with Gasteiger partial charge in [-0.15, -0.1) is 0 Å². The van der Waals surface area contributed by atoms with Gasteiger partial charge in [-0.2, -0.15) is 0 Å². The molecular formula is C12H15BrN2O2. The lowest BCUT2D eigenvalue weighted by Gasteiger charge is -2.31. The number of amides is 1. The Labute approximate surface area is 108 Å². The summed E-state index contributed by atoms with van der Waals surface area (Å²) in [5, 5.41) is 0.905. The van der Waals surface area contributed by atoms with Gasteiger partial charge in [-0.05, 0) is 18.8 Å². The van der Waals surface area contributed by atoms with E-state index in [1.807, 2.05) is 0 Å². The molecule has 4 nitrogen and oxygen atoms in total. The number of aromatic nitrogens is 1. The van der Waals surface area contributed by atoms with Crippen LogP contribution in [0.15, 0.2) is 23.3 Å². The minimum Gasteiger partial charge on any atom is -0.367 e. The molecule has 1 fully saturated rings. The molecule has 1 N–H and O–H groups in total. The number of halogens is 1. The lowest BCUT2D eigenvalue weighted by molar-refractivity contribution is 0.0684. The molecule has 1 aromatic heterocycles. The molecule has 0 spiro atoms. The number of likely N-dealkylation sites (tertiary alicyclic amines) is 1. The monoisotopic (exact) mass is 298 g/mol. The quantitative estimate of drug-likeness (QED) is 0.844. The molecule has 17 heavy (non-hydrogen) atoms. The molecule has 1 aromatic rings. The molecule has 5 heteroatoms. The van der Waals surface area contributed by atoms with Crippen LogP contribution in [0.5, 0.6) is 0 Å². The van der Waals surface area contributed by atoms with E-state index in [0.717, 1.165) is 31.3 Å². The molecule has 2 heterocycles. The summed E-state index contributed by atoms with van der Waals surface area (Å²) in [6.45, 7) is 1.48. The highest BCUT2D eigenvalue weighted by Crippen LogP contribution is 2.19. The highest BCUT2D eigenvalue weighted by Gasteiger charge is 2.24. The number of H-pyrrole nitrogens is 1. The molecule has 0 saturated carbocycles. The summed E-state index contributed by atoms with van der Waals surface area (Å²) in [6, 6.07) is 1.39. The Morgan fingerprint density at radius 1 is 1.59 bits per heavy atom. The Morgan fingerprint density at radius 2 is 2.41 bits per heavy atom. The van der Waals surface area contributed by atoms with Gasteiger partial charge in [-0.1, -0.05) is 15.9 Å². The average Bonchev–Trinajstić information content (AvgIpc) is 2.38. The number of piperidine rings is 1. The summed E-state index contributed by atoms with van der Waals surface area (Å²) in [5.74, 6) is 0.341. The maximum absolute atomic E-state index is 12.2. The molecule has 1 amide bonds. The van der Waals surface area contributed by atoms with Crippen molar-refractivity contribution in [2.24, 2.45) is 5.92 Å². The van der Waals surface area contributed by atoms with Crippen molar-refractivity contribution in [1.29, 1.82) is 0 Å². The summed E-state index contributed by atoms with van der Waals surface area (Å²) >= 11 is 3.45. The van der Waals surface area contributed by atoms with Gasteiger partial charge in [0, 0.05) is 36.9 Å². The Bertz CT molecular complexity index is 458. The van der Waals surface area contributed by atoms with Crippen molar-refractivity contribution in [2.45, 2.75) is 12.8 Å². The van der Waals surface area contributed by atoms with Crippen molar-refractivity contribution in [3.05, 3.63) is 34.2 Å². The van der Waals surface area contributed by atoms with Crippen LogP contribution in [0, 0.1) is 5.92 Å². The molecule has 0 aromatic carbocycles. The largest absolute Gasteiger partial charge is 0.367 e. The zero-order valence-electron chi connectivity index (χ0n) is 9.49. The number of hydrogen-bond donors (Lipinski definition) is 1. The zero-order valence-corrected chi connectivity index (χ0v) is 11.1. The van der Waals surface area contributed by atoms with E-state index >= 15 is 0 Å². The van der Waals surface area contributed by atoms with Crippen LogP contribution in [0.25, 0.3) is 0 Å². The molecule has 1 aliphatic heterocycles. The molecule has 2 rings (SSSR count). The Morgan fingerprint density at radius 3 is 3.12 bits per heavy atom. The Kier molecular flexibility index (Phi) is 3.99. The number of hydrogen-bond acceptors (Lipinski definition) is 2. The third-order valence-corrected chi connectivity index (χ3v) is 3.99. The zero-order chi connectivity index (χ0) is 12.3. The van der Waals surface area contributed by atoms with Gasteiger partial charge >= 0.3 is 0 Å². The molecule has 1 aliphatic rings. The SMILES string of the molecule is O=C(c1c[nH]ccc1=O)N1CCCC(CBr)C1. The van der Waals surface area contributed by atoms with Crippen LogP contribution in [-0.2, 0) is 0 Å². The van der Waals surface area contributed by atoms with Gasteiger partial charge < -0.3 is 9.88 Å². The average molecular weight is 299 g/mol. The van der Waals surface area contributed by atoms with E-state index in [9.17, 15) is 9.59 Å². The first-order chi connectivity index (χ1) is 8.22. The number of alkyl halides is 1. The molecule has 1 unspecified atom stereocenters. The predicted molar refractivity (Wildman–Crippen MR) is 69.5 cm³/mol. The fourth-order valence-electron chi connectivity index (χ4n) is 2.13. The predicted octanol–water partition coefficient (Wildman–Crippen LogP) is 1.62. The van der Waals surface area contributed by atoms with E-state index in [0.29, 0.717) is 5.92 Å². The van der Waals surface area contributed by atoms with Crippen LogP contribution in [0.3, 0.4) is 0 Å². The van der Waals surface area contributed by atoms with Gasteiger partial charge in [0.2, 0.25) is 0 Å². The molecule has 92 valence electrons. The van der Waals surface area contributed by atoms with Crippen molar-refractivity contribution >= 4 is 21.8 Å². The second-order valence-corrected chi connectivity index (χ2v) is 4.98. The van der Waals surface area contributed by atoms with E-state index in [1.54, 1.807) is 4.90 Å². The van der Waals surface area contributed by atoms with Crippen molar-refractivity contribution < 1.29 is 4.79 Å². The standard InChI is InChI=1S/C12H15BrN2O2/c13-6-9-2-1-5-15(8-9)12(17)10-7-14-4-3-11(10)16/h3-4,7,9H,1-2,5-6,8H2,(H,14,16). The molecule has 0 bridgehead atoms. The summed E-state index contributed by atoms with van der Waals surface area (Å²) in [7, 11) is 0. The van der Waals surface area contributed by atoms with Crippen LogP contribution in [-0.4, -0.2) is 34.2 Å². The van der Waals surface area contributed by atoms with E-state index in [-0.39, 0.29) is 16.9 Å². The minimum atomic E-state index is -0.213. The highest BCUT2D eigenvalue weighted by atomic mass is 79.9. The first kappa shape index (κ1) is 12.4. The second-order valence-electron chi connectivity index (χ2n) is 4.34. The van der Waals surface area contributed by atoms with Gasteiger partial charge in [0.1, 0.15) is 5.56 Å². The lowest BCUT2D eigenvalue weighted by Crippen LogP contribution is -2.41. The number of aromatic amines is 1. The number of rotatable bonds is 2. The number of nitrogens with one attached hydrogen (secondary N) is 1. The van der Waals surface area contributed by atoms with Crippen LogP contribution in [0.4, 0.5) is 0 Å². The van der Waals surface area contributed by atoms with Gasteiger partial charge in [0.15, 0.2) is 5.43 Å². The van der Waals surface area contributed by atoms with Crippen molar-refractivity contribution in [2.75, 3.05) is 18.4 Å². The van der Waals surface area contributed by atoms with Crippen molar-refractivity contribution in [3.8, 4) is 0 Å². The summed E-state index contributed by atoms with van der Waals surface area (Å²) in [6.07, 6.45) is 5.17. The smallest absolute Gasteiger partial charge is 0.259 e. The Balaban J connectivity index is 2.15. The van der Waals surface area contributed by atoms with Crippen LogP contribution < -0.4 is 5.43 Å². The first-order valence-corrected chi connectivity index (χ1v) is 6.87. The molecule has 1 atom stereocenters. The van der Waals surface area contributed by atoms with Gasteiger partial charge in [0.25, 0.3) is 5.91 Å². The van der Waals surface area contributed by atoms with E-state index in [2.05, 4.69) is 20.9 Å². The van der Waals surface area contributed by atoms with E-state index in [1.165, 1.54) is 18.5 Å². The molecule has 0 aliphatic carbocycles. The topological polar surface area (TPSA) is 53.2 Å². The first-order valence-electron chi connectivity index (χ1n) is 5.74. The summed E-state index contributed by atoms with van der Waals surface area (Å²) < 4.78 is 0. The van der Waals surface area contributed by atoms with Gasteiger partial charge in [0.05, 0.1) is 0 Å². The number of pyridine rings is 1. The summed E-state index contributed by atoms with van der Waals surface area (Å²) in [5.41, 5.74) is 0.0254. The Hall–Kier alpha value is -1.10. The number of nitrogens with zero attached hydrogens (tertiary/aromatic N) is 1. The molecule has 1 saturated heterocycles. The van der Waals surface area contributed by atoms with E-state index < -0.39 is 0 Å². The summed E-state index contributed by atoms with van der Waals surface area (Å²) in [4.78, 5) is 28.3. The maximum Gasteiger partial charge on any atom is 0.259 e. The molecular weight excluding hydrogens is 284 g/mol. The number of carbonyl (C=O) groups excluding carboxylic acids is 1. The minimum absolute atomic E-state index is 0.155. The number of carbonyl (C=O) groups is 1. The third kappa shape index (κ3) is 2.77. The van der Waals surface area contributed by atoms with Gasteiger partial charge in [-0.3, -0.25) is 9.59 Å².